The molecule has 2 rings (SSSR count). The molecule has 0 fully saturated rings. The van der Waals surface area contributed by atoms with Gasteiger partial charge in [0.1, 0.15) is 6.10 Å². The van der Waals surface area contributed by atoms with Gasteiger partial charge in [0.25, 0.3) is 0 Å². The Labute approximate surface area is 231 Å². The fourth-order valence-electron chi connectivity index (χ4n) is 4.04. The first-order valence-electron chi connectivity index (χ1n) is 13.2. The number of aliphatic hydroxyl groups excluding tert-OH is 1. The first kappa shape index (κ1) is 31.5. The second-order valence-corrected chi connectivity index (χ2v) is 9.10. The lowest BCUT2D eigenvalue weighted by Crippen LogP contribution is -2.38. The van der Waals surface area contributed by atoms with Gasteiger partial charge in [-0.1, -0.05) is 72.8 Å². The highest BCUT2D eigenvalue weighted by molar-refractivity contribution is 5.86. The van der Waals surface area contributed by atoms with E-state index in [0.717, 1.165) is 11.1 Å². The van der Waals surface area contributed by atoms with Gasteiger partial charge in [0.15, 0.2) is 0 Å². The normalized spacial score (nSPS) is 12.9. The minimum atomic E-state index is -0.701. The summed E-state index contributed by atoms with van der Waals surface area (Å²) in [6.07, 6.45) is 3.87. The summed E-state index contributed by atoms with van der Waals surface area (Å²) >= 11 is 0. The molecule has 0 aliphatic carbocycles. The summed E-state index contributed by atoms with van der Waals surface area (Å²) in [6.45, 7) is 8.22. The van der Waals surface area contributed by atoms with Gasteiger partial charge in [-0.3, -0.25) is 14.4 Å². The molecule has 3 atom stereocenters. The van der Waals surface area contributed by atoms with Crippen LogP contribution < -0.4 is 10.6 Å². The Morgan fingerprint density at radius 2 is 1.51 bits per heavy atom. The lowest BCUT2D eigenvalue weighted by atomic mass is 9.96. The molecule has 39 heavy (non-hydrogen) atoms. The molecule has 0 saturated heterocycles. The number of esters is 1. The fourth-order valence-corrected chi connectivity index (χ4v) is 4.04. The Balaban J connectivity index is 2.03. The third-order valence-electron chi connectivity index (χ3n) is 6.06. The smallest absolute Gasteiger partial charge is 0.310 e. The molecule has 2 amide bonds. The number of amides is 2. The van der Waals surface area contributed by atoms with E-state index in [2.05, 4.69) is 23.8 Å². The van der Waals surface area contributed by atoms with E-state index in [-0.39, 0.29) is 57.1 Å². The molecule has 2 aromatic rings. The molecular formula is C31H40N2O6. The molecule has 0 aliphatic rings. The molecule has 0 unspecified atom stereocenters. The third kappa shape index (κ3) is 12.1. The second-order valence-electron chi connectivity index (χ2n) is 9.10. The molecular weight excluding hydrogens is 496 g/mol. The molecule has 8 nitrogen and oxygen atoms in total. The van der Waals surface area contributed by atoms with Crippen LogP contribution in [0.1, 0.15) is 36.5 Å². The van der Waals surface area contributed by atoms with Crippen molar-refractivity contribution in [1.82, 2.24) is 10.6 Å². The number of benzene rings is 2. The van der Waals surface area contributed by atoms with Crippen molar-refractivity contribution < 1.29 is 29.0 Å². The molecule has 0 bridgehead atoms. The van der Waals surface area contributed by atoms with Gasteiger partial charge in [-0.05, 0) is 30.4 Å². The summed E-state index contributed by atoms with van der Waals surface area (Å²) in [5.41, 5.74) is 1.78. The van der Waals surface area contributed by atoms with Crippen LogP contribution in [0.2, 0.25) is 0 Å². The maximum Gasteiger partial charge on any atom is 0.310 e. The van der Waals surface area contributed by atoms with E-state index < -0.39 is 17.9 Å². The number of nitrogens with one attached hydrogen (secondary N) is 2. The van der Waals surface area contributed by atoms with Gasteiger partial charge >= 0.3 is 5.97 Å². The van der Waals surface area contributed by atoms with Gasteiger partial charge < -0.3 is 25.2 Å². The Kier molecular flexibility index (Phi) is 14.9. The van der Waals surface area contributed by atoms with E-state index in [0.29, 0.717) is 19.3 Å². The third-order valence-corrected chi connectivity index (χ3v) is 6.06. The van der Waals surface area contributed by atoms with Crippen molar-refractivity contribution in [3.05, 3.63) is 97.1 Å². The van der Waals surface area contributed by atoms with Gasteiger partial charge in [0.2, 0.25) is 11.8 Å². The molecule has 0 saturated carbocycles. The van der Waals surface area contributed by atoms with Gasteiger partial charge in [-0.15, -0.1) is 13.2 Å². The topological polar surface area (TPSA) is 114 Å². The number of ether oxygens (including phenoxy) is 2. The van der Waals surface area contributed by atoms with Crippen LogP contribution in [0.25, 0.3) is 0 Å². The SMILES string of the molecule is C=CC[C@H](CC(=O)NCCOCCO)C(=O)NC[C@H](OC(=O)[C@H](CC=C)Cc1ccccc1)c1ccccc1. The zero-order chi connectivity index (χ0) is 28.3. The molecule has 0 aliphatic heterocycles. The molecule has 0 radical (unpaired) electrons. The number of aliphatic hydroxyl groups is 1. The van der Waals surface area contributed by atoms with E-state index >= 15 is 0 Å². The maximum atomic E-state index is 13.2. The van der Waals surface area contributed by atoms with Crippen LogP contribution in [0, 0.1) is 11.8 Å². The Bertz CT molecular complexity index is 1030. The lowest BCUT2D eigenvalue weighted by molar-refractivity contribution is -0.154. The summed E-state index contributed by atoms with van der Waals surface area (Å²) in [5.74, 6) is -2.02. The van der Waals surface area contributed by atoms with Crippen molar-refractivity contribution in [2.45, 2.75) is 31.8 Å². The van der Waals surface area contributed by atoms with Gasteiger partial charge in [-0.2, -0.15) is 0 Å². The van der Waals surface area contributed by atoms with Crippen LogP contribution in [0.3, 0.4) is 0 Å². The lowest BCUT2D eigenvalue weighted by Gasteiger charge is -2.23. The molecule has 2 aromatic carbocycles. The minimum absolute atomic E-state index is 0.0217. The number of carbonyl (C=O) groups excluding carboxylic acids is 3. The Morgan fingerprint density at radius 1 is 0.872 bits per heavy atom. The number of hydrogen-bond donors (Lipinski definition) is 3. The molecule has 3 N–H and O–H groups in total. The van der Waals surface area contributed by atoms with Crippen molar-refractivity contribution in [3.63, 3.8) is 0 Å². The van der Waals surface area contributed by atoms with Crippen molar-refractivity contribution in [3.8, 4) is 0 Å². The van der Waals surface area contributed by atoms with Crippen molar-refractivity contribution >= 4 is 17.8 Å². The van der Waals surface area contributed by atoms with Crippen LogP contribution in [-0.2, 0) is 30.3 Å². The van der Waals surface area contributed by atoms with Gasteiger partial charge in [0, 0.05) is 13.0 Å². The summed E-state index contributed by atoms with van der Waals surface area (Å²) in [4.78, 5) is 38.6. The number of allylic oxidation sites excluding steroid dienone is 2. The molecule has 8 heteroatoms. The van der Waals surface area contributed by atoms with E-state index in [9.17, 15) is 14.4 Å². The summed E-state index contributed by atoms with van der Waals surface area (Å²) in [6, 6.07) is 19.0. The van der Waals surface area contributed by atoms with Crippen LogP contribution >= 0.6 is 0 Å². The number of hydrogen-bond acceptors (Lipinski definition) is 6. The average molecular weight is 537 g/mol. The zero-order valence-corrected chi connectivity index (χ0v) is 22.4. The zero-order valence-electron chi connectivity index (χ0n) is 22.4. The Morgan fingerprint density at radius 3 is 2.15 bits per heavy atom. The Hall–Kier alpha value is -3.75. The predicted octanol–water partition coefficient (Wildman–Crippen LogP) is 3.53. The largest absolute Gasteiger partial charge is 0.455 e. The summed E-state index contributed by atoms with van der Waals surface area (Å²) in [5, 5.41) is 14.3. The van der Waals surface area contributed by atoms with Crippen LogP contribution in [0.4, 0.5) is 0 Å². The molecule has 210 valence electrons. The molecule has 0 spiro atoms. The fraction of sp³-hybridized carbons (Fsp3) is 0.387. The highest BCUT2D eigenvalue weighted by Gasteiger charge is 2.26. The van der Waals surface area contributed by atoms with Crippen molar-refractivity contribution in [2.24, 2.45) is 11.8 Å². The van der Waals surface area contributed by atoms with E-state index in [4.69, 9.17) is 14.6 Å². The number of rotatable bonds is 19. The summed E-state index contributed by atoms with van der Waals surface area (Å²) in [7, 11) is 0. The molecule has 0 aromatic heterocycles. The minimum Gasteiger partial charge on any atom is -0.455 e. The first-order chi connectivity index (χ1) is 19.0. The van der Waals surface area contributed by atoms with Crippen LogP contribution in [0.5, 0.6) is 0 Å². The van der Waals surface area contributed by atoms with E-state index in [1.54, 1.807) is 12.2 Å². The van der Waals surface area contributed by atoms with Gasteiger partial charge in [-0.25, -0.2) is 0 Å². The van der Waals surface area contributed by atoms with Crippen LogP contribution in [-0.4, -0.2) is 55.8 Å². The average Bonchev–Trinajstić information content (AvgIpc) is 2.95. The van der Waals surface area contributed by atoms with Crippen molar-refractivity contribution in [1.29, 1.82) is 0 Å². The van der Waals surface area contributed by atoms with Crippen LogP contribution in [0.15, 0.2) is 86.0 Å². The predicted molar refractivity (Wildman–Crippen MR) is 151 cm³/mol. The highest BCUT2D eigenvalue weighted by atomic mass is 16.5. The van der Waals surface area contributed by atoms with E-state index in [1.165, 1.54) is 0 Å². The molecule has 0 heterocycles. The van der Waals surface area contributed by atoms with Crippen molar-refractivity contribution in [2.75, 3.05) is 32.9 Å². The quantitative estimate of drug-likeness (QED) is 0.144. The highest BCUT2D eigenvalue weighted by Crippen LogP contribution is 2.22. The first-order valence-corrected chi connectivity index (χ1v) is 13.2. The van der Waals surface area contributed by atoms with Gasteiger partial charge in [0.05, 0.1) is 38.2 Å². The maximum absolute atomic E-state index is 13.2. The monoisotopic (exact) mass is 536 g/mol. The summed E-state index contributed by atoms with van der Waals surface area (Å²) < 4.78 is 11.1. The standard InChI is InChI=1S/C31H40N2O6/c1-3-11-26(22-29(35)32-17-19-38-20-18-34)30(36)33-23-28(25-15-9-6-10-16-25)39-31(37)27(12-4-2)21-24-13-7-5-8-14-24/h3-10,13-16,26-28,34H,1-2,11-12,17-23H2,(H,32,35)(H,33,36)/t26-,27-,28+/m1/s1. The second kappa shape index (κ2) is 18.5. The van der Waals surface area contributed by atoms with E-state index in [1.807, 2.05) is 60.7 Å². The number of carbonyl (C=O) groups is 3.